The Hall–Kier alpha value is -1.23. The van der Waals surface area contributed by atoms with Crippen molar-refractivity contribution in [2.24, 2.45) is 5.92 Å². The molecule has 1 unspecified atom stereocenters. The number of alkyl halides is 3. The molecule has 6 heteroatoms. The molecule has 94 valence electrons. The number of carboxylic acids is 1. The number of aliphatic carboxylic acids is 1. The molecular weight excluding hydrogens is 257 g/mol. The van der Waals surface area contributed by atoms with E-state index in [1.165, 1.54) is 19.1 Å². The zero-order valence-electron chi connectivity index (χ0n) is 8.88. The number of rotatable bonds is 3. The lowest BCUT2D eigenvalue weighted by Gasteiger charge is -2.15. The minimum atomic E-state index is -4.53. The van der Waals surface area contributed by atoms with Crippen LogP contribution in [0.15, 0.2) is 18.2 Å². The third kappa shape index (κ3) is 3.36. The summed E-state index contributed by atoms with van der Waals surface area (Å²) < 4.78 is 38.0. The van der Waals surface area contributed by atoms with Crippen molar-refractivity contribution in [3.05, 3.63) is 34.3 Å². The lowest BCUT2D eigenvalue weighted by atomic mass is 9.96. The first-order valence-corrected chi connectivity index (χ1v) is 5.18. The zero-order valence-corrected chi connectivity index (χ0v) is 9.64. The zero-order chi connectivity index (χ0) is 13.2. The van der Waals surface area contributed by atoms with Gasteiger partial charge < -0.3 is 5.11 Å². The van der Waals surface area contributed by atoms with Crippen LogP contribution in [0.4, 0.5) is 13.2 Å². The van der Waals surface area contributed by atoms with E-state index in [0.717, 1.165) is 6.07 Å². The minimum Gasteiger partial charge on any atom is -0.481 e. The van der Waals surface area contributed by atoms with E-state index in [2.05, 4.69) is 0 Å². The van der Waals surface area contributed by atoms with Crippen molar-refractivity contribution >= 4 is 17.6 Å². The Morgan fingerprint density at radius 3 is 2.53 bits per heavy atom. The van der Waals surface area contributed by atoms with Crippen molar-refractivity contribution in [2.45, 2.75) is 19.5 Å². The summed E-state index contributed by atoms with van der Waals surface area (Å²) in [6.07, 6.45) is -4.78. The van der Waals surface area contributed by atoms with Crippen LogP contribution in [0.2, 0.25) is 5.02 Å². The maximum absolute atomic E-state index is 12.7. The fraction of sp³-hybridized carbons (Fsp3) is 0.364. The van der Waals surface area contributed by atoms with Gasteiger partial charge in [0.25, 0.3) is 0 Å². The van der Waals surface area contributed by atoms with Gasteiger partial charge >= 0.3 is 12.1 Å². The van der Waals surface area contributed by atoms with Gasteiger partial charge in [0.05, 0.1) is 11.5 Å². The highest BCUT2D eigenvalue weighted by molar-refractivity contribution is 6.31. The third-order valence-electron chi connectivity index (χ3n) is 2.36. The van der Waals surface area contributed by atoms with Gasteiger partial charge in [-0.05, 0) is 24.1 Å². The fourth-order valence-corrected chi connectivity index (χ4v) is 1.68. The van der Waals surface area contributed by atoms with Gasteiger partial charge in [-0.1, -0.05) is 24.6 Å². The highest BCUT2D eigenvalue weighted by Gasteiger charge is 2.34. The molecular formula is C11H10ClF3O2. The molecule has 17 heavy (non-hydrogen) atoms. The number of carbonyl (C=O) groups is 1. The van der Waals surface area contributed by atoms with E-state index in [-0.39, 0.29) is 17.0 Å². The Morgan fingerprint density at radius 2 is 2.06 bits per heavy atom. The molecule has 0 aliphatic heterocycles. The van der Waals surface area contributed by atoms with Crippen molar-refractivity contribution < 1.29 is 23.1 Å². The normalized spacial score (nSPS) is 13.5. The van der Waals surface area contributed by atoms with E-state index >= 15 is 0 Å². The van der Waals surface area contributed by atoms with E-state index in [1.54, 1.807) is 0 Å². The first-order chi connectivity index (χ1) is 7.73. The molecule has 1 atom stereocenters. The number of hydrogen-bond acceptors (Lipinski definition) is 1. The van der Waals surface area contributed by atoms with Crippen molar-refractivity contribution in [3.63, 3.8) is 0 Å². The molecule has 0 saturated carbocycles. The second-order valence-electron chi connectivity index (χ2n) is 3.71. The summed E-state index contributed by atoms with van der Waals surface area (Å²) in [6, 6.07) is 3.41. The maximum Gasteiger partial charge on any atom is 0.416 e. The van der Waals surface area contributed by atoms with Crippen LogP contribution in [-0.4, -0.2) is 11.1 Å². The summed E-state index contributed by atoms with van der Waals surface area (Å²) in [7, 11) is 0. The lowest BCUT2D eigenvalue weighted by Crippen LogP contribution is -2.16. The second kappa shape index (κ2) is 4.96. The third-order valence-corrected chi connectivity index (χ3v) is 2.71. The smallest absolute Gasteiger partial charge is 0.416 e. The van der Waals surface area contributed by atoms with Crippen LogP contribution in [0.5, 0.6) is 0 Å². The van der Waals surface area contributed by atoms with Crippen LogP contribution in [0, 0.1) is 5.92 Å². The molecule has 0 aliphatic rings. The van der Waals surface area contributed by atoms with Crippen LogP contribution < -0.4 is 0 Å². The van der Waals surface area contributed by atoms with Gasteiger partial charge in [0.1, 0.15) is 0 Å². The molecule has 0 fully saturated rings. The Balaban J connectivity index is 3.17. The molecule has 0 bridgehead atoms. The first-order valence-electron chi connectivity index (χ1n) is 4.81. The van der Waals surface area contributed by atoms with Crippen molar-refractivity contribution in [3.8, 4) is 0 Å². The number of carboxylic acid groups (broad SMARTS) is 1. The topological polar surface area (TPSA) is 37.3 Å². The van der Waals surface area contributed by atoms with Gasteiger partial charge in [0.2, 0.25) is 0 Å². The highest BCUT2D eigenvalue weighted by atomic mass is 35.5. The van der Waals surface area contributed by atoms with Crippen molar-refractivity contribution in [1.29, 1.82) is 0 Å². The first kappa shape index (κ1) is 13.8. The number of hydrogen-bond donors (Lipinski definition) is 1. The molecule has 1 aromatic rings. The molecule has 1 N–H and O–H groups in total. The predicted octanol–water partition coefficient (Wildman–Crippen LogP) is 3.62. The quantitative estimate of drug-likeness (QED) is 0.907. The lowest BCUT2D eigenvalue weighted by molar-refractivity contribution is -0.142. The molecule has 0 saturated heterocycles. The fourth-order valence-electron chi connectivity index (χ4n) is 1.43. The molecule has 0 heterocycles. The van der Waals surface area contributed by atoms with Gasteiger partial charge in [0.15, 0.2) is 0 Å². The Bertz CT molecular complexity index is 429. The standard InChI is InChI=1S/C11H10ClF3O2/c1-6(10(16)17)5-7-8(11(13,14)15)3-2-4-9(7)12/h2-4,6H,5H2,1H3,(H,16,17). The average Bonchev–Trinajstić information content (AvgIpc) is 2.18. The average molecular weight is 267 g/mol. The molecule has 2 nitrogen and oxygen atoms in total. The van der Waals surface area contributed by atoms with E-state index in [0.29, 0.717) is 0 Å². The Labute approximate surface area is 101 Å². The number of benzene rings is 1. The maximum atomic E-state index is 12.7. The Kier molecular flexibility index (Phi) is 4.03. The van der Waals surface area contributed by atoms with Crippen LogP contribution in [0.3, 0.4) is 0 Å². The van der Waals surface area contributed by atoms with Gasteiger partial charge in [-0.15, -0.1) is 0 Å². The van der Waals surface area contributed by atoms with E-state index in [9.17, 15) is 18.0 Å². The van der Waals surface area contributed by atoms with E-state index in [1.807, 2.05) is 0 Å². The van der Waals surface area contributed by atoms with E-state index in [4.69, 9.17) is 16.7 Å². The second-order valence-corrected chi connectivity index (χ2v) is 4.11. The monoisotopic (exact) mass is 266 g/mol. The van der Waals surface area contributed by atoms with Crippen molar-refractivity contribution in [1.82, 2.24) is 0 Å². The van der Waals surface area contributed by atoms with Crippen LogP contribution in [0.1, 0.15) is 18.1 Å². The summed E-state index contributed by atoms with van der Waals surface area (Å²) in [5.41, 5.74) is -1.05. The van der Waals surface area contributed by atoms with Gasteiger partial charge in [-0.25, -0.2) is 0 Å². The SMILES string of the molecule is CC(Cc1c(Cl)cccc1C(F)(F)F)C(=O)O. The highest BCUT2D eigenvalue weighted by Crippen LogP contribution is 2.36. The summed E-state index contributed by atoms with van der Waals surface area (Å²) in [4.78, 5) is 10.7. The largest absolute Gasteiger partial charge is 0.481 e. The van der Waals surface area contributed by atoms with Gasteiger partial charge in [0, 0.05) is 5.02 Å². The summed E-state index contributed by atoms with van der Waals surface area (Å²) in [6.45, 7) is 1.34. The molecule has 0 radical (unpaired) electrons. The van der Waals surface area contributed by atoms with Crippen molar-refractivity contribution in [2.75, 3.05) is 0 Å². The van der Waals surface area contributed by atoms with Gasteiger partial charge in [-0.2, -0.15) is 13.2 Å². The van der Waals surface area contributed by atoms with E-state index < -0.39 is 23.6 Å². The van der Waals surface area contributed by atoms with Crippen LogP contribution in [0.25, 0.3) is 0 Å². The summed E-state index contributed by atoms with van der Waals surface area (Å²) in [5, 5.41) is 8.64. The molecule has 1 rings (SSSR count). The molecule has 0 amide bonds. The van der Waals surface area contributed by atoms with Crippen LogP contribution >= 0.6 is 11.6 Å². The Morgan fingerprint density at radius 1 is 1.47 bits per heavy atom. The number of halogens is 4. The van der Waals surface area contributed by atoms with Gasteiger partial charge in [-0.3, -0.25) is 4.79 Å². The minimum absolute atomic E-state index is 0.0621. The molecule has 0 spiro atoms. The molecule has 0 aliphatic carbocycles. The predicted molar refractivity (Wildman–Crippen MR) is 57.0 cm³/mol. The summed E-state index contributed by atoms with van der Waals surface area (Å²) >= 11 is 5.69. The van der Waals surface area contributed by atoms with Crippen LogP contribution in [-0.2, 0) is 17.4 Å². The molecule has 0 aromatic heterocycles. The molecule has 1 aromatic carbocycles. The summed E-state index contributed by atoms with van der Waals surface area (Å²) in [5.74, 6) is -2.07.